The van der Waals surface area contributed by atoms with Crippen LogP contribution in [0.4, 0.5) is 5.82 Å². The largest absolute Gasteiger partial charge is 0.384 e. The van der Waals surface area contributed by atoms with Gasteiger partial charge in [0.1, 0.15) is 5.82 Å². The molecule has 1 aromatic heterocycles. The van der Waals surface area contributed by atoms with E-state index >= 15 is 0 Å². The lowest BCUT2D eigenvalue weighted by molar-refractivity contribution is -0.126. The first-order valence-electron chi connectivity index (χ1n) is 10.1. The maximum Gasteiger partial charge on any atom is 0.261 e. The molecule has 0 spiro atoms. The molecule has 2 fully saturated rings. The van der Waals surface area contributed by atoms with Crippen molar-refractivity contribution in [3.05, 3.63) is 23.9 Å². The van der Waals surface area contributed by atoms with E-state index in [1.165, 1.54) is 19.3 Å². The number of nitrogens with two attached hydrogens (primary N) is 1. The summed E-state index contributed by atoms with van der Waals surface area (Å²) in [4.78, 5) is 24.1. The molecule has 1 saturated carbocycles. The number of hydrogen-bond donors (Lipinski definition) is 2. The Kier molecular flexibility index (Phi) is 6.90. The highest BCUT2D eigenvalue weighted by Crippen LogP contribution is 2.24. The predicted octanol–water partition coefficient (Wildman–Crippen LogP) is 2.40. The van der Waals surface area contributed by atoms with Crippen molar-refractivity contribution in [1.82, 2.24) is 10.3 Å². The molecule has 0 bridgehead atoms. The molecule has 1 aliphatic heterocycles. The van der Waals surface area contributed by atoms with Gasteiger partial charge in [-0.1, -0.05) is 24.9 Å². The van der Waals surface area contributed by atoms with Crippen molar-refractivity contribution in [2.75, 3.05) is 24.6 Å². The summed E-state index contributed by atoms with van der Waals surface area (Å²) >= 11 is 0. The number of pyridine rings is 1. The quantitative estimate of drug-likeness (QED) is 0.454. The zero-order valence-electron chi connectivity index (χ0n) is 16.2. The highest BCUT2D eigenvalue weighted by molar-refractivity contribution is 6.01. The summed E-state index contributed by atoms with van der Waals surface area (Å²) in [6.45, 7) is 4.01. The average molecular weight is 374 g/mol. The van der Waals surface area contributed by atoms with Crippen molar-refractivity contribution in [2.24, 2.45) is 16.8 Å². The maximum absolute atomic E-state index is 12.1. The van der Waals surface area contributed by atoms with Crippen LogP contribution in [0.5, 0.6) is 0 Å². The van der Waals surface area contributed by atoms with E-state index in [0.29, 0.717) is 5.92 Å². The Labute approximate surface area is 161 Å². The summed E-state index contributed by atoms with van der Waals surface area (Å²) in [6, 6.07) is 3.96. The minimum atomic E-state index is -0.146. The summed E-state index contributed by atoms with van der Waals surface area (Å²) in [7, 11) is 0. The van der Waals surface area contributed by atoms with E-state index in [0.717, 1.165) is 50.2 Å². The second-order valence-corrected chi connectivity index (χ2v) is 7.61. The number of aromatic nitrogens is 1. The van der Waals surface area contributed by atoms with Gasteiger partial charge in [0.25, 0.3) is 5.91 Å². The molecular formula is C20H31N5O2. The normalized spacial score (nSPS) is 23.7. The molecule has 2 heterocycles. The zero-order valence-corrected chi connectivity index (χ0v) is 16.2. The Balaban J connectivity index is 1.55. The van der Waals surface area contributed by atoms with Crippen LogP contribution in [0.25, 0.3) is 0 Å². The van der Waals surface area contributed by atoms with Crippen molar-refractivity contribution in [1.29, 1.82) is 0 Å². The van der Waals surface area contributed by atoms with Gasteiger partial charge in [0.05, 0.1) is 5.56 Å². The average Bonchev–Trinajstić information content (AvgIpc) is 2.70. The third kappa shape index (κ3) is 5.34. The van der Waals surface area contributed by atoms with Crippen LogP contribution in [0, 0.1) is 5.92 Å². The number of amides is 1. The van der Waals surface area contributed by atoms with E-state index in [4.69, 9.17) is 10.6 Å². The van der Waals surface area contributed by atoms with Gasteiger partial charge in [-0.3, -0.25) is 4.79 Å². The first kappa shape index (κ1) is 19.5. The first-order chi connectivity index (χ1) is 13.1. The number of nitrogens with one attached hydrogen (secondary N) is 1. The number of anilines is 1. The second-order valence-electron chi connectivity index (χ2n) is 7.61. The van der Waals surface area contributed by atoms with Gasteiger partial charge in [-0.05, 0) is 50.2 Å². The number of hydrogen-bond acceptors (Lipinski definition) is 5. The number of carbonyl (C=O) groups is 1. The zero-order chi connectivity index (χ0) is 19.1. The van der Waals surface area contributed by atoms with E-state index in [9.17, 15) is 4.79 Å². The summed E-state index contributed by atoms with van der Waals surface area (Å²) in [5, 5.41) is 7.02. The van der Waals surface area contributed by atoms with Gasteiger partial charge in [0, 0.05) is 25.3 Å². The van der Waals surface area contributed by atoms with Gasteiger partial charge < -0.3 is 20.8 Å². The van der Waals surface area contributed by atoms with Gasteiger partial charge in [-0.15, -0.1) is 0 Å². The van der Waals surface area contributed by atoms with Crippen molar-refractivity contribution < 1.29 is 9.63 Å². The van der Waals surface area contributed by atoms with Crippen LogP contribution in [0.1, 0.15) is 57.4 Å². The number of amidine groups is 1. The van der Waals surface area contributed by atoms with Crippen molar-refractivity contribution in [2.45, 2.75) is 57.9 Å². The van der Waals surface area contributed by atoms with Crippen molar-refractivity contribution in [3.8, 4) is 0 Å². The lowest BCUT2D eigenvalue weighted by Gasteiger charge is -2.29. The smallest absolute Gasteiger partial charge is 0.261 e. The highest BCUT2D eigenvalue weighted by atomic mass is 16.6. The highest BCUT2D eigenvalue weighted by Gasteiger charge is 2.23. The molecule has 1 aromatic rings. The van der Waals surface area contributed by atoms with Crippen LogP contribution in [0.3, 0.4) is 0 Å². The first-order valence-corrected chi connectivity index (χ1v) is 10.1. The molecule has 0 radical (unpaired) electrons. The number of carbonyl (C=O) groups excluding carboxylic acids is 1. The molecule has 0 unspecified atom stereocenters. The standard InChI is InChI=1S/C20H31N5O2/c1-15-8-3-4-10-17(15)23-18(26)14-27-24-19(21)16-9-7-11-22-20(16)25-12-5-2-6-13-25/h7,9,11,15,17H,2-6,8,10,12-14H2,1H3,(H2,21,24)(H,23,26)/t15-,17-/m1/s1. The number of oxime groups is 1. The third-order valence-electron chi connectivity index (χ3n) is 5.53. The minimum absolute atomic E-state index is 0.122. The topological polar surface area (TPSA) is 92.8 Å². The molecule has 3 N–H and O–H groups in total. The van der Waals surface area contributed by atoms with Crippen LogP contribution in [0.2, 0.25) is 0 Å². The Morgan fingerprint density at radius 1 is 1.30 bits per heavy atom. The summed E-state index contributed by atoms with van der Waals surface area (Å²) in [6.07, 6.45) is 9.94. The van der Waals surface area contributed by atoms with Gasteiger partial charge >= 0.3 is 0 Å². The summed E-state index contributed by atoms with van der Waals surface area (Å²) < 4.78 is 0. The maximum atomic E-state index is 12.1. The second kappa shape index (κ2) is 9.58. The van der Waals surface area contributed by atoms with E-state index in [-0.39, 0.29) is 24.4 Å². The minimum Gasteiger partial charge on any atom is -0.384 e. The molecular weight excluding hydrogens is 342 g/mol. The number of piperidine rings is 1. The molecule has 2 atom stereocenters. The van der Waals surface area contributed by atoms with Crippen molar-refractivity contribution in [3.63, 3.8) is 0 Å². The molecule has 1 saturated heterocycles. The molecule has 148 valence electrons. The predicted molar refractivity (Wildman–Crippen MR) is 107 cm³/mol. The third-order valence-corrected chi connectivity index (χ3v) is 5.53. The SMILES string of the molecule is C[C@@H]1CCCC[C@H]1NC(=O)CO/N=C(\N)c1cccnc1N1CCCCC1. The van der Waals surface area contributed by atoms with Crippen LogP contribution in [-0.2, 0) is 9.63 Å². The number of rotatable bonds is 6. The van der Waals surface area contributed by atoms with Crippen LogP contribution >= 0.6 is 0 Å². The summed E-state index contributed by atoms with van der Waals surface area (Å²) in [5.74, 6) is 1.46. The fraction of sp³-hybridized carbons (Fsp3) is 0.650. The van der Waals surface area contributed by atoms with E-state index in [2.05, 4.69) is 27.3 Å². The monoisotopic (exact) mass is 373 g/mol. The molecule has 27 heavy (non-hydrogen) atoms. The molecule has 1 amide bonds. The molecule has 3 rings (SSSR count). The van der Waals surface area contributed by atoms with Gasteiger partial charge in [-0.2, -0.15) is 0 Å². The van der Waals surface area contributed by atoms with Gasteiger partial charge in [0.15, 0.2) is 12.4 Å². The number of nitrogens with zero attached hydrogens (tertiary/aromatic N) is 3. The Morgan fingerprint density at radius 2 is 2.07 bits per heavy atom. The van der Waals surface area contributed by atoms with E-state index < -0.39 is 0 Å². The Morgan fingerprint density at radius 3 is 2.85 bits per heavy atom. The molecule has 2 aliphatic rings. The Bertz CT molecular complexity index is 658. The van der Waals surface area contributed by atoms with Gasteiger partial charge in [-0.25, -0.2) is 4.98 Å². The fourth-order valence-electron chi connectivity index (χ4n) is 3.94. The summed E-state index contributed by atoms with van der Waals surface area (Å²) in [5.41, 5.74) is 6.87. The van der Waals surface area contributed by atoms with E-state index in [1.54, 1.807) is 6.20 Å². The lowest BCUT2D eigenvalue weighted by Crippen LogP contribution is -2.42. The van der Waals surface area contributed by atoms with E-state index in [1.807, 2.05) is 12.1 Å². The lowest BCUT2D eigenvalue weighted by atomic mass is 9.86. The van der Waals surface area contributed by atoms with Crippen LogP contribution in [0.15, 0.2) is 23.5 Å². The fourth-order valence-corrected chi connectivity index (χ4v) is 3.94. The molecule has 1 aliphatic carbocycles. The molecule has 0 aromatic carbocycles. The molecule has 7 heteroatoms. The van der Waals surface area contributed by atoms with Crippen molar-refractivity contribution >= 4 is 17.6 Å². The van der Waals surface area contributed by atoms with Crippen LogP contribution in [-0.4, -0.2) is 42.5 Å². The molecule has 7 nitrogen and oxygen atoms in total. The Hall–Kier alpha value is -2.31. The van der Waals surface area contributed by atoms with Gasteiger partial charge in [0.2, 0.25) is 0 Å². The van der Waals surface area contributed by atoms with Crippen LogP contribution < -0.4 is 16.0 Å².